The standard InChI is InChI=1S/C9H21NO4S/c1-6(14-4-3-11)7(10)5-8(12)9(15)13-2/h6-9,11-12,15H,3-5,10H2,1-2H3/t6-,7?,8?,9+/m0/s1. The summed E-state index contributed by atoms with van der Waals surface area (Å²) in [4.78, 5) is 0. The van der Waals surface area contributed by atoms with Crippen LogP contribution in [0.5, 0.6) is 0 Å². The molecule has 92 valence electrons. The van der Waals surface area contributed by atoms with Gasteiger partial charge in [0.25, 0.3) is 0 Å². The van der Waals surface area contributed by atoms with Gasteiger partial charge in [0.15, 0.2) is 0 Å². The fourth-order valence-corrected chi connectivity index (χ4v) is 1.23. The van der Waals surface area contributed by atoms with Crippen molar-refractivity contribution >= 4 is 12.6 Å². The van der Waals surface area contributed by atoms with Gasteiger partial charge in [0, 0.05) is 13.2 Å². The smallest absolute Gasteiger partial charge is 0.126 e. The van der Waals surface area contributed by atoms with E-state index < -0.39 is 11.5 Å². The second kappa shape index (κ2) is 8.32. The van der Waals surface area contributed by atoms with Gasteiger partial charge in [-0.25, -0.2) is 0 Å². The van der Waals surface area contributed by atoms with Crippen molar-refractivity contribution in [2.75, 3.05) is 20.3 Å². The molecule has 0 saturated heterocycles. The molecule has 0 rings (SSSR count). The maximum atomic E-state index is 9.58. The van der Waals surface area contributed by atoms with E-state index in [0.717, 1.165) is 0 Å². The Bertz CT molecular complexity index is 161. The zero-order valence-corrected chi connectivity index (χ0v) is 10.1. The second-order valence-electron chi connectivity index (χ2n) is 3.39. The van der Waals surface area contributed by atoms with Crippen LogP contribution in [-0.4, -0.2) is 54.2 Å². The molecule has 4 N–H and O–H groups in total. The third-order valence-electron chi connectivity index (χ3n) is 2.16. The molecule has 15 heavy (non-hydrogen) atoms. The molecule has 0 aliphatic rings. The third-order valence-corrected chi connectivity index (χ3v) is 2.71. The van der Waals surface area contributed by atoms with Gasteiger partial charge in [-0.1, -0.05) is 0 Å². The number of hydrogen-bond donors (Lipinski definition) is 4. The highest BCUT2D eigenvalue weighted by molar-refractivity contribution is 7.80. The number of ether oxygens (including phenoxy) is 2. The molecule has 5 nitrogen and oxygen atoms in total. The highest BCUT2D eigenvalue weighted by Gasteiger charge is 2.21. The minimum atomic E-state index is -0.728. The van der Waals surface area contributed by atoms with Crippen molar-refractivity contribution in [1.82, 2.24) is 0 Å². The number of rotatable bonds is 8. The van der Waals surface area contributed by atoms with Gasteiger partial charge in [0.1, 0.15) is 5.44 Å². The van der Waals surface area contributed by atoms with Crippen molar-refractivity contribution in [3.8, 4) is 0 Å². The highest BCUT2D eigenvalue weighted by atomic mass is 32.1. The molecular weight excluding hydrogens is 218 g/mol. The van der Waals surface area contributed by atoms with Crippen molar-refractivity contribution in [3.05, 3.63) is 0 Å². The number of aliphatic hydroxyl groups excluding tert-OH is 2. The quantitative estimate of drug-likeness (QED) is 0.334. The summed E-state index contributed by atoms with van der Waals surface area (Å²) >= 11 is 4.03. The third kappa shape index (κ3) is 6.34. The molecule has 0 aliphatic carbocycles. The van der Waals surface area contributed by atoms with Crippen LogP contribution in [0.4, 0.5) is 0 Å². The number of methoxy groups -OCH3 is 1. The predicted octanol–water partition coefficient (Wildman–Crippen LogP) is -0.636. The fraction of sp³-hybridized carbons (Fsp3) is 1.00. The summed E-state index contributed by atoms with van der Waals surface area (Å²) in [5.74, 6) is 0. The average molecular weight is 239 g/mol. The van der Waals surface area contributed by atoms with Gasteiger partial charge < -0.3 is 25.4 Å². The van der Waals surface area contributed by atoms with Crippen LogP contribution in [0.3, 0.4) is 0 Å². The minimum Gasteiger partial charge on any atom is -0.394 e. The van der Waals surface area contributed by atoms with Crippen molar-refractivity contribution in [1.29, 1.82) is 0 Å². The molecule has 0 saturated carbocycles. The highest BCUT2D eigenvalue weighted by Crippen LogP contribution is 2.11. The lowest BCUT2D eigenvalue weighted by Gasteiger charge is -2.24. The number of aliphatic hydroxyl groups is 2. The van der Waals surface area contributed by atoms with Gasteiger partial charge in [-0.3, -0.25) is 0 Å². The monoisotopic (exact) mass is 239 g/mol. The van der Waals surface area contributed by atoms with Gasteiger partial charge in [0.05, 0.1) is 25.4 Å². The van der Waals surface area contributed by atoms with E-state index in [1.165, 1.54) is 7.11 Å². The lowest BCUT2D eigenvalue weighted by atomic mass is 10.1. The molecule has 0 bridgehead atoms. The number of hydrogen-bond acceptors (Lipinski definition) is 6. The molecule has 2 unspecified atom stereocenters. The zero-order chi connectivity index (χ0) is 11.8. The molecule has 0 aromatic rings. The van der Waals surface area contributed by atoms with Crippen LogP contribution in [-0.2, 0) is 9.47 Å². The first-order valence-electron chi connectivity index (χ1n) is 4.89. The van der Waals surface area contributed by atoms with Crippen LogP contribution in [0.15, 0.2) is 0 Å². The number of thiol groups is 1. The van der Waals surface area contributed by atoms with Gasteiger partial charge in [-0.2, -0.15) is 0 Å². The van der Waals surface area contributed by atoms with Crippen LogP contribution in [0, 0.1) is 0 Å². The molecule has 4 atom stereocenters. The molecule has 0 spiro atoms. The molecule has 0 aromatic carbocycles. The van der Waals surface area contributed by atoms with E-state index in [0.29, 0.717) is 6.42 Å². The topological polar surface area (TPSA) is 84.9 Å². The Balaban J connectivity index is 3.84. The first-order chi connectivity index (χ1) is 7.02. The Labute approximate surface area is 96.0 Å². The van der Waals surface area contributed by atoms with Crippen molar-refractivity contribution in [2.24, 2.45) is 5.73 Å². The van der Waals surface area contributed by atoms with E-state index in [4.69, 9.17) is 20.3 Å². The van der Waals surface area contributed by atoms with Crippen LogP contribution in [0.25, 0.3) is 0 Å². The summed E-state index contributed by atoms with van der Waals surface area (Å²) in [6.45, 7) is 2.01. The number of nitrogens with two attached hydrogens (primary N) is 1. The van der Waals surface area contributed by atoms with Gasteiger partial charge in [0.2, 0.25) is 0 Å². The Morgan fingerprint density at radius 2 is 2.07 bits per heavy atom. The second-order valence-corrected chi connectivity index (χ2v) is 3.90. The van der Waals surface area contributed by atoms with E-state index in [9.17, 15) is 5.11 Å². The largest absolute Gasteiger partial charge is 0.394 e. The van der Waals surface area contributed by atoms with E-state index in [-0.39, 0.29) is 25.4 Å². The minimum absolute atomic E-state index is 0.0348. The summed E-state index contributed by atoms with van der Waals surface area (Å²) in [5, 5.41) is 18.1. The summed E-state index contributed by atoms with van der Waals surface area (Å²) in [5.41, 5.74) is 5.25. The van der Waals surface area contributed by atoms with Crippen LogP contribution in [0.1, 0.15) is 13.3 Å². The van der Waals surface area contributed by atoms with Gasteiger partial charge >= 0.3 is 0 Å². The molecular formula is C9H21NO4S. The van der Waals surface area contributed by atoms with E-state index in [1.54, 1.807) is 6.92 Å². The maximum absolute atomic E-state index is 9.58. The lowest BCUT2D eigenvalue weighted by Crippen LogP contribution is -2.40. The molecule has 0 fully saturated rings. The summed E-state index contributed by atoms with van der Waals surface area (Å²) in [6.07, 6.45) is -0.605. The molecule has 0 radical (unpaired) electrons. The summed E-state index contributed by atoms with van der Waals surface area (Å²) < 4.78 is 10.1. The fourth-order valence-electron chi connectivity index (χ4n) is 1.11. The Morgan fingerprint density at radius 3 is 2.53 bits per heavy atom. The average Bonchev–Trinajstić information content (AvgIpc) is 2.24. The maximum Gasteiger partial charge on any atom is 0.126 e. The van der Waals surface area contributed by atoms with Crippen molar-refractivity contribution in [2.45, 2.75) is 37.0 Å². The van der Waals surface area contributed by atoms with Gasteiger partial charge in [-0.15, -0.1) is 12.6 Å². The van der Waals surface area contributed by atoms with Crippen LogP contribution in [0.2, 0.25) is 0 Å². The SMILES string of the molecule is CO[C@H](S)C(O)CC(N)[C@H](C)OCCO. The van der Waals surface area contributed by atoms with E-state index >= 15 is 0 Å². The lowest BCUT2D eigenvalue weighted by molar-refractivity contribution is -0.00425. The Morgan fingerprint density at radius 1 is 1.47 bits per heavy atom. The molecule has 0 aromatic heterocycles. The predicted molar refractivity (Wildman–Crippen MR) is 60.9 cm³/mol. The van der Waals surface area contributed by atoms with E-state index in [2.05, 4.69) is 12.6 Å². The molecule has 0 heterocycles. The Kier molecular flexibility index (Phi) is 8.40. The summed E-state index contributed by atoms with van der Waals surface area (Å²) in [6, 6.07) is -0.309. The van der Waals surface area contributed by atoms with Crippen molar-refractivity contribution < 1.29 is 19.7 Å². The molecule has 6 heteroatoms. The summed E-state index contributed by atoms with van der Waals surface area (Å²) in [7, 11) is 1.47. The van der Waals surface area contributed by atoms with Crippen molar-refractivity contribution in [3.63, 3.8) is 0 Å². The molecule has 0 amide bonds. The van der Waals surface area contributed by atoms with Crippen LogP contribution < -0.4 is 5.73 Å². The molecule has 0 aliphatic heterocycles. The zero-order valence-electron chi connectivity index (χ0n) is 9.17. The normalized spacial score (nSPS) is 19.6. The van der Waals surface area contributed by atoms with Gasteiger partial charge in [-0.05, 0) is 13.3 Å². The first-order valence-corrected chi connectivity index (χ1v) is 5.41. The van der Waals surface area contributed by atoms with E-state index in [1.807, 2.05) is 0 Å². The Hall–Kier alpha value is 0.150. The van der Waals surface area contributed by atoms with Crippen LogP contribution >= 0.6 is 12.6 Å². The first kappa shape index (κ1) is 15.2.